The molecule has 0 aromatic carbocycles. The molecule has 1 aromatic rings. The van der Waals surface area contributed by atoms with Crippen molar-refractivity contribution in [3.05, 3.63) is 24.4 Å². The van der Waals surface area contributed by atoms with E-state index in [0.29, 0.717) is 12.5 Å². The zero-order valence-electron chi connectivity index (χ0n) is 6.90. The van der Waals surface area contributed by atoms with Crippen molar-refractivity contribution in [1.29, 1.82) is 0 Å². The third kappa shape index (κ3) is 2.57. The zero-order chi connectivity index (χ0) is 8.81. The van der Waals surface area contributed by atoms with Gasteiger partial charge in [-0.25, -0.2) is 4.98 Å². The van der Waals surface area contributed by atoms with Gasteiger partial charge in [0.25, 0.3) is 0 Å². The van der Waals surface area contributed by atoms with Crippen molar-refractivity contribution in [3.8, 4) is 5.88 Å². The molecule has 1 heterocycles. The minimum absolute atomic E-state index is 0.230. The lowest BCUT2D eigenvalue weighted by atomic mass is 10.5. The Morgan fingerprint density at radius 1 is 1.67 bits per heavy atom. The van der Waals surface area contributed by atoms with Gasteiger partial charge in [0, 0.05) is 12.3 Å². The van der Waals surface area contributed by atoms with Gasteiger partial charge in [-0.2, -0.15) is 4.98 Å². The van der Waals surface area contributed by atoms with Gasteiger partial charge in [0.05, 0.1) is 0 Å². The first-order chi connectivity index (χ1) is 5.83. The van der Waals surface area contributed by atoms with E-state index in [0.717, 1.165) is 0 Å². The van der Waals surface area contributed by atoms with E-state index in [1.54, 1.807) is 12.3 Å². The van der Waals surface area contributed by atoms with Crippen LogP contribution in [0.2, 0.25) is 0 Å². The Bertz CT molecular complexity index is 273. The smallest absolute Gasteiger partial charge is 0.223 e. The highest BCUT2D eigenvalue weighted by Crippen LogP contribution is 2.04. The molecule has 12 heavy (non-hydrogen) atoms. The Kier molecular flexibility index (Phi) is 3.07. The lowest BCUT2D eigenvalue weighted by Gasteiger charge is -2.00. The van der Waals surface area contributed by atoms with E-state index in [9.17, 15) is 0 Å². The van der Waals surface area contributed by atoms with Gasteiger partial charge in [-0.3, -0.25) is 0 Å². The predicted octanol–water partition coefficient (Wildman–Crippen LogP) is 1.01. The highest BCUT2D eigenvalue weighted by molar-refractivity contribution is 5.20. The maximum Gasteiger partial charge on any atom is 0.223 e. The second-order valence-electron chi connectivity index (χ2n) is 2.13. The zero-order valence-corrected chi connectivity index (χ0v) is 6.90. The van der Waals surface area contributed by atoms with Crippen molar-refractivity contribution < 1.29 is 4.74 Å². The van der Waals surface area contributed by atoms with Gasteiger partial charge < -0.3 is 10.5 Å². The number of aromatic nitrogens is 2. The lowest BCUT2D eigenvalue weighted by Crippen LogP contribution is -1.99. The molecule has 0 fully saturated rings. The van der Waals surface area contributed by atoms with Crippen molar-refractivity contribution in [2.75, 3.05) is 12.3 Å². The molecule has 0 aliphatic rings. The number of nitrogen functional groups attached to an aromatic ring is 1. The van der Waals surface area contributed by atoms with Crippen LogP contribution in [0.4, 0.5) is 5.95 Å². The molecular weight excluding hydrogens is 154 g/mol. The van der Waals surface area contributed by atoms with E-state index >= 15 is 0 Å². The fraction of sp³-hybridized carbons (Fsp3) is 0.250. The number of nitrogens with zero attached hydrogens (tertiary/aromatic N) is 2. The molecule has 0 atom stereocenters. The summed E-state index contributed by atoms with van der Waals surface area (Å²) in [5, 5.41) is 0. The van der Waals surface area contributed by atoms with Crippen LogP contribution in [-0.2, 0) is 0 Å². The highest BCUT2D eigenvalue weighted by Gasteiger charge is 1.93. The van der Waals surface area contributed by atoms with Gasteiger partial charge >= 0.3 is 0 Å². The molecule has 1 rings (SSSR count). The van der Waals surface area contributed by atoms with E-state index in [4.69, 9.17) is 10.5 Å². The molecule has 0 saturated heterocycles. The monoisotopic (exact) mass is 165 g/mol. The van der Waals surface area contributed by atoms with Crippen LogP contribution < -0.4 is 10.5 Å². The van der Waals surface area contributed by atoms with Crippen LogP contribution in [0, 0.1) is 0 Å². The van der Waals surface area contributed by atoms with Crippen LogP contribution in [-0.4, -0.2) is 16.6 Å². The van der Waals surface area contributed by atoms with Gasteiger partial charge in [-0.15, -0.1) is 0 Å². The Morgan fingerprint density at radius 2 is 2.50 bits per heavy atom. The summed E-state index contributed by atoms with van der Waals surface area (Å²) in [6.07, 6.45) is 5.36. The number of nitrogens with two attached hydrogens (primary N) is 1. The SMILES string of the molecule is C/C=C/COc1ccnc(N)n1. The van der Waals surface area contributed by atoms with Crippen LogP contribution in [0.25, 0.3) is 0 Å². The average Bonchev–Trinajstić information content (AvgIpc) is 2.05. The molecule has 0 spiro atoms. The standard InChI is InChI=1S/C8H11N3O/c1-2-3-6-12-7-4-5-10-8(9)11-7/h2-5H,6H2,1H3,(H2,9,10,11)/b3-2+. The molecule has 1 aromatic heterocycles. The van der Waals surface area contributed by atoms with Crippen LogP contribution in [0.1, 0.15) is 6.92 Å². The third-order valence-electron chi connectivity index (χ3n) is 1.21. The molecule has 0 radical (unpaired) electrons. The Balaban J connectivity index is 2.52. The number of hydrogen-bond donors (Lipinski definition) is 1. The molecule has 2 N–H and O–H groups in total. The quantitative estimate of drug-likeness (QED) is 0.679. The van der Waals surface area contributed by atoms with Gasteiger partial charge in [0.1, 0.15) is 6.61 Å². The molecule has 0 aliphatic carbocycles. The van der Waals surface area contributed by atoms with Crippen LogP contribution >= 0.6 is 0 Å². The highest BCUT2D eigenvalue weighted by atomic mass is 16.5. The summed E-state index contributed by atoms with van der Waals surface area (Å²) >= 11 is 0. The first-order valence-corrected chi connectivity index (χ1v) is 3.65. The molecule has 4 nitrogen and oxygen atoms in total. The molecule has 4 heteroatoms. The van der Waals surface area contributed by atoms with Crippen LogP contribution in [0.3, 0.4) is 0 Å². The molecule has 64 valence electrons. The maximum absolute atomic E-state index is 5.34. The molecule has 0 saturated carbocycles. The van der Waals surface area contributed by atoms with E-state index < -0.39 is 0 Å². The van der Waals surface area contributed by atoms with E-state index in [1.165, 1.54) is 0 Å². The Morgan fingerprint density at radius 3 is 3.17 bits per heavy atom. The average molecular weight is 165 g/mol. The van der Waals surface area contributed by atoms with Crippen molar-refractivity contribution >= 4 is 5.95 Å². The second kappa shape index (κ2) is 4.33. The number of hydrogen-bond acceptors (Lipinski definition) is 4. The summed E-state index contributed by atoms with van der Waals surface area (Å²) in [6, 6.07) is 1.67. The Labute approximate surface area is 71.1 Å². The summed E-state index contributed by atoms with van der Waals surface area (Å²) in [4.78, 5) is 7.59. The molecule has 0 unspecified atom stereocenters. The molecular formula is C8H11N3O. The summed E-state index contributed by atoms with van der Waals surface area (Å²) in [5.74, 6) is 0.730. The molecule has 0 aliphatic heterocycles. The Hall–Kier alpha value is -1.58. The number of ether oxygens (including phenoxy) is 1. The van der Waals surface area contributed by atoms with E-state index in [1.807, 2.05) is 19.1 Å². The first-order valence-electron chi connectivity index (χ1n) is 3.65. The fourth-order valence-electron chi connectivity index (χ4n) is 0.667. The minimum atomic E-state index is 0.230. The first kappa shape index (κ1) is 8.52. The predicted molar refractivity (Wildman–Crippen MR) is 46.8 cm³/mol. The summed E-state index contributed by atoms with van der Waals surface area (Å²) in [5.41, 5.74) is 5.34. The largest absolute Gasteiger partial charge is 0.473 e. The number of anilines is 1. The van der Waals surface area contributed by atoms with Gasteiger partial charge in [-0.1, -0.05) is 12.2 Å². The van der Waals surface area contributed by atoms with Gasteiger partial charge in [0.2, 0.25) is 11.8 Å². The lowest BCUT2D eigenvalue weighted by molar-refractivity contribution is 0.348. The van der Waals surface area contributed by atoms with Gasteiger partial charge in [0.15, 0.2) is 0 Å². The summed E-state index contributed by atoms with van der Waals surface area (Å²) in [7, 11) is 0. The molecule has 0 amide bonds. The van der Waals surface area contributed by atoms with Crippen LogP contribution in [0.5, 0.6) is 5.88 Å². The summed E-state index contributed by atoms with van der Waals surface area (Å²) in [6.45, 7) is 2.44. The second-order valence-corrected chi connectivity index (χ2v) is 2.13. The van der Waals surface area contributed by atoms with E-state index in [-0.39, 0.29) is 5.95 Å². The van der Waals surface area contributed by atoms with Crippen LogP contribution in [0.15, 0.2) is 24.4 Å². The topological polar surface area (TPSA) is 61.0 Å². The van der Waals surface area contributed by atoms with Crippen molar-refractivity contribution in [2.24, 2.45) is 0 Å². The number of rotatable bonds is 3. The molecule has 0 bridgehead atoms. The normalized spacial score (nSPS) is 10.4. The van der Waals surface area contributed by atoms with Crippen molar-refractivity contribution in [2.45, 2.75) is 6.92 Å². The fourth-order valence-corrected chi connectivity index (χ4v) is 0.667. The minimum Gasteiger partial charge on any atom is -0.473 e. The summed E-state index contributed by atoms with van der Waals surface area (Å²) < 4.78 is 5.21. The van der Waals surface area contributed by atoms with E-state index in [2.05, 4.69) is 9.97 Å². The van der Waals surface area contributed by atoms with Crippen molar-refractivity contribution in [1.82, 2.24) is 9.97 Å². The number of allylic oxidation sites excluding steroid dienone is 1. The maximum atomic E-state index is 5.34. The van der Waals surface area contributed by atoms with Crippen molar-refractivity contribution in [3.63, 3.8) is 0 Å². The van der Waals surface area contributed by atoms with Gasteiger partial charge in [-0.05, 0) is 6.92 Å². The third-order valence-corrected chi connectivity index (χ3v) is 1.21.